The maximum Gasteiger partial charge on any atom is 0.416 e. The molecule has 3 amide bonds. The normalized spacial score (nSPS) is 11.8. The summed E-state index contributed by atoms with van der Waals surface area (Å²) in [5.41, 5.74) is 1.67. The molecule has 8 nitrogen and oxygen atoms in total. The second kappa shape index (κ2) is 12.5. The Morgan fingerprint density at radius 3 is 2.15 bits per heavy atom. The van der Waals surface area contributed by atoms with Crippen LogP contribution in [0.3, 0.4) is 0 Å². The van der Waals surface area contributed by atoms with Crippen molar-refractivity contribution in [2.24, 2.45) is 0 Å². The molecule has 0 spiro atoms. The van der Waals surface area contributed by atoms with Gasteiger partial charge in [-0.2, -0.15) is 13.2 Å². The number of hydrogen-bond acceptors (Lipinski definition) is 4. The zero-order valence-corrected chi connectivity index (χ0v) is 21.8. The quantitative estimate of drug-likeness (QED) is 0.189. The van der Waals surface area contributed by atoms with Crippen LogP contribution in [-0.4, -0.2) is 34.0 Å². The molecular formula is C29H22ClF3N4O4. The highest BCUT2D eigenvalue weighted by atomic mass is 35.5. The molecule has 1 aromatic heterocycles. The lowest BCUT2D eigenvalue weighted by molar-refractivity contribution is -0.139. The number of aliphatic carboxylic acids is 1. The molecule has 12 heteroatoms. The van der Waals surface area contributed by atoms with Crippen molar-refractivity contribution in [2.45, 2.75) is 18.6 Å². The van der Waals surface area contributed by atoms with Gasteiger partial charge in [-0.05, 0) is 47.5 Å². The summed E-state index contributed by atoms with van der Waals surface area (Å²) >= 11 is 5.87. The molecule has 0 radical (unpaired) electrons. The number of nitrogens with zero attached hydrogens (tertiary/aromatic N) is 1. The van der Waals surface area contributed by atoms with Gasteiger partial charge in [0, 0.05) is 23.9 Å². The molecule has 0 saturated carbocycles. The van der Waals surface area contributed by atoms with Crippen molar-refractivity contribution in [2.75, 3.05) is 10.6 Å². The molecular weight excluding hydrogens is 561 g/mol. The highest BCUT2D eigenvalue weighted by Gasteiger charge is 2.31. The van der Waals surface area contributed by atoms with Gasteiger partial charge in [0.1, 0.15) is 11.7 Å². The second-order valence-corrected chi connectivity index (χ2v) is 9.24. The van der Waals surface area contributed by atoms with E-state index in [0.717, 1.165) is 23.8 Å². The molecule has 0 fully saturated rings. The Hall–Kier alpha value is -4.90. The van der Waals surface area contributed by atoms with E-state index in [0.29, 0.717) is 16.8 Å². The number of alkyl halides is 3. The topological polar surface area (TPSA) is 120 Å². The molecule has 0 aliphatic carbocycles. The van der Waals surface area contributed by atoms with E-state index >= 15 is 0 Å². The van der Waals surface area contributed by atoms with E-state index in [4.69, 9.17) is 11.6 Å². The van der Waals surface area contributed by atoms with E-state index in [2.05, 4.69) is 20.9 Å². The van der Waals surface area contributed by atoms with Crippen LogP contribution in [0.25, 0.3) is 11.1 Å². The number of halogens is 4. The highest BCUT2D eigenvalue weighted by Crippen LogP contribution is 2.33. The van der Waals surface area contributed by atoms with Crippen LogP contribution in [0.5, 0.6) is 0 Å². The number of carbonyl (C=O) groups is 3. The maximum atomic E-state index is 12.8. The largest absolute Gasteiger partial charge is 0.480 e. The fraction of sp³-hybridized carbons (Fsp3) is 0.103. The molecule has 3 aromatic carbocycles. The van der Waals surface area contributed by atoms with Crippen molar-refractivity contribution in [3.63, 3.8) is 0 Å². The van der Waals surface area contributed by atoms with Crippen molar-refractivity contribution in [3.05, 3.63) is 113 Å². The van der Waals surface area contributed by atoms with Crippen LogP contribution in [0, 0.1) is 0 Å². The summed E-state index contributed by atoms with van der Waals surface area (Å²) < 4.78 is 38.4. The molecule has 0 aliphatic rings. The van der Waals surface area contributed by atoms with Crippen LogP contribution < -0.4 is 16.0 Å². The lowest BCUT2D eigenvalue weighted by Gasteiger charge is -2.14. The van der Waals surface area contributed by atoms with E-state index in [-0.39, 0.29) is 22.8 Å². The predicted octanol–water partition coefficient (Wildman–Crippen LogP) is 6.49. The third-order valence-electron chi connectivity index (χ3n) is 5.90. The zero-order valence-electron chi connectivity index (χ0n) is 21.1. The first-order valence-electron chi connectivity index (χ1n) is 12.1. The molecule has 0 saturated heterocycles. The Morgan fingerprint density at radius 1 is 0.878 bits per heavy atom. The summed E-state index contributed by atoms with van der Waals surface area (Å²) in [6.07, 6.45) is -2.97. The molecule has 0 aliphatic heterocycles. The average Bonchev–Trinajstić information content (AvgIpc) is 2.94. The van der Waals surface area contributed by atoms with Crippen LogP contribution in [-0.2, 0) is 17.4 Å². The van der Waals surface area contributed by atoms with Crippen LogP contribution in [0.15, 0.2) is 91.1 Å². The van der Waals surface area contributed by atoms with Crippen molar-refractivity contribution in [1.29, 1.82) is 0 Å². The smallest absolute Gasteiger partial charge is 0.416 e. The molecule has 0 bridgehead atoms. The van der Waals surface area contributed by atoms with E-state index in [1.807, 2.05) is 6.07 Å². The third-order valence-corrected chi connectivity index (χ3v) is 6.22. The minimum Gasteiger partial charge on any atom is -0.480 e. The number of nitrogens with one attached hydrogen (secondary N) is 3. The molecule has 4 rings (SSSR count). The van der Waals surface area contributed by atoms with Gasteiger partial charge in [0.2, 0.25) is 0 Å². The Labute approximate surface area is 237 Å². The number of urea groups is 1. The molecule has 1 atom stereocenters. The number of aromatic nitrogens is 1. The van der Waals surface area contributed by atoms with Crippen LogP contribution in [0.1, 0.15) is 21.6 Å². The van der Waals surface area contributed by atoms with Gasteiger partial charge in [0.25, 0.3) is 5.91 Å². The van der Waals surface area contributed by atoms with Gasteiger partial charge in [0.05, 0.1) is 16.3 Å². The van der Waals surface area contributed by atoms with E-state index in [1.165, 1.54) is 12.3 Å². The number of hydrogen-bond donors (Lipinski definition) is 4. The number of carboxylic acid groups (broad SMARTS) is 1. The highest BCUT2D eigenvalue weighted by molar-refractivity contribution is 6.33. The summed E-state index contributed by atoms with van der Waals surface area (Å²) in [5.74, 6) is -1.79. The molecule has 1 heterocycles. The van der Waals surface area contributed by atoms with Crippen LogP contribution >= 0.6 is 11.6 Å². The lowest BCUT2D eigenvalue weighted by atomic mass is 10.1. The standard InChI is InChI=1S/C29H22ClF3N4O4/c30-22-15-20(29(31,32)33)9-13-23(22)37-28(41)35-21-10-6-18(7-11-21)19-8-12-24(34-16-19)26(38)36-25(27(39)40)14-17-4-2-1-3-5-17/h1-13,15-16,25H,14H2,(H,36,38)(H,39,40)(H2,35,37,41)/t25-/m1/s1. The number of amides is 3. The molecule has 41 heavy (non-hydrogen) atoms. The maximum absolute atomic E-state index is 12.8. The monoisotopic (exact) mass is 582 g/mol. The van der Waals surface area contributed by atoms with Gasteiger partial charge in [-0.25, -0.2) is 9.59 Å². The minimum atomic E-state index is -4.56. The van der Waals surface area contributed by atoms with Gasteiger partial charge in [-0.3, -0.25) is 9.78 Å². The summed E-state index contributed by atoms with van der Waals surface area (Å²) in [6.45, 7) is 0. The summed E-state index contributed by atoms with van der Waals surface area (Å²) in [7, 11) is 0. The Balaban J connectivity index is 1.35. The molecule has 4 N–H and O–H groups in total. The SMILES string of the molecule is O=C(Nc1ccc(-c2ccc(C(=O)N[C@H](Cc3ccccc3)C(=O)O)nc2)cc1)Nc1ccc(C(F)(F)F)cc1Cl. The first-order valence-corrected chi connectivity index (χ1v) is 12.5. The van der Waals surface area contributed by atoms with Crippen molar-refractivity contribution >= 4 is 40.9 Å². The van der Waals surface area contributed by atoms with Crippen molar-refractivity contribution in [1.82, 2.24) is 10.3 Å². The van der Waals surface area contributed by atoms with Crippen molar-refractivity contribution in [3.8, 4) is 11.1 Å². The lowest BCUT2D eigenvalue weighted by Crippen LogP contribution is -2.42. The van der Waals surface area contributed by atoms with Gasteiger partial charge >= 0.3 is 18.2 Å². The average molecular weight is 583 g/mol. The third kappa shape index (κ3) is 7.83. The summed E-state index contributed by atoms with van der Waals surface area (Å²) in [6, 6.07) is 19.4. The second-order valence-electron chi connectivity index (χ2n) is 8.83. The number of benzene rings is 3. The summed E-state index contributed by atoms with van der Waals surface area (Å²) in [4.78, 5) is 40.7. The van der Waals surface area contributed by atoms with Crippen LogP contribution in [0.2, 0.25) is 5.02 Å². The van der Waals surface area contributed by atoms with Gasteiger partial charge in [0.15, 0.2) is 0 Å². The number of carboxylic acids is 1. The number of carbonyl (C=O) groups excluding carboxylic acids is 2. The zero-order chi connectivity index (χ0) is 29.6. The Bertz CT molecular complexity index is 1550. The van der Waals surface area contributed by atoms with Gasteiger partial charge < -0.3 is 21.1 Å². The number of rotatable bonds is 8. The minimum absolute atomic E-state index is 0.0127. The van der Waals surface area contributed by atoms with E-state index < -0.39 is 35.7 Å². The number of anilines is 2. The number of pyridine rings is 1. The fourth-order valence-corrected chi connectivity index (χ4v) is 4.03. The molecule has 4 aromatic rings. The first kappa shape index (κ1) is 29.1. The molecule has 0 unspecified atom stereocenters. The van der Waals surface area contributed by atoms with Gasteiger partial charge in [-0.15, -0.1) is 0 Å². The Kier molecular flexibility index (Phi) is 8.88. The Morgan fingerprint density at radius 2 is 1.56 bits per heavy atom. The first-order chi connectivity index (χ1) is 19.5. The van der Waals surface area contributed by atoms with E-state index in [9.17, 15) is 32.7 Å². The van der Waals surface area contributed by atoms with Crippen LogP contribution in [0.4, 0.5) is 29.3 Å². The summed E-state index contributed by atoms with van der Waals surface area (Å²) in [5, 5.41) is 16.7. The predicted molar refractivity (Wildman–Crippen MR) is 148 cm³/mol. The van der Waals surface area contributed by atoms with Crippen molar-refractivity contribution < 1.29 is 32.7 Å². The van der Waals surface area contributed by atoms with Gasteiger partial charge in [-0.1, -0.05) is 60.1 Å². The van der Waals surface area contributed by atoms with E-state index in [1.54, 1.807) is 54.6 Å². The fourth-order valence-electron chi connectivity index (χ4n) is 3.80. The molecule has 210 valence electrons.